The van der Waals surface area contributed by atoms with Gasteiger partial charge >= 0.3 is 0 Å². The van der Waals surface area contributed by atoms with Crippen molar-refractivity contribution < 1.29 is 0 Å². The lowest BCUT2D eigenvalue weighted by Gasteiger charge is -2.32. The molecule has 1 aliphatic heterocycles. The van der Waals surface area contributed by atoms with Crippen LogP contribution in [0.2, 0.25) is 0 Å². The molecular formula is C18H27N5. The van der Waals surface area contributed by atoms with E-state index in [1.54, 1.807) is 4.68 Å². The van der Waals surface area contributed by atoms with Crippen molar-refractivity contribution in [3.8, 4) is 0 Å². The molecule has 0 unspecified atom stereocenters. The Morgan fingerprint density at radius 2 is 1.96 bits per heavy atom. The van der Waals surface area contributed by atoms with Crippen LogP contribution in [0.5, 0.6) is 0 Å². The number of piperidine rings is 1. The molecule has 1 aliphatic rings. The lowest BCUT2D eigenvalue weighted by molar-refractivity contribution is 0.165. The van der Waals surface area contributed by atoms with E-state index in [2.05, 4.69) is 41.0 Å². The summed E-state index contributed by atoms with van der Waals surface area (Å²) in [6.45, 7) is 7.35. The van der Waals surface area contributed by atoms with Gasteiger partial charge in [0, 0.05) is 37.6 Å². The van der Waals surface area contributed by atoms with Gasteiger partial charge in [-0.05, 0) is 63.3 Å². The molecule has 0 saturated carbocycles. The zero-order valence-electron chi connectivity index (χ0n) is 14.4. The third kappa shape index (κ3) is 4.10. The number of pyridine rings is 1. The number of anilines is 1. The Hall–Kier alpha value is -1.88. The lowest BCUT2D eigenvalue weighted by Crippen LogP contribution is -2.35. The Kier molecular flexibility index (Phi) is 4.66. The van der Waals surface area contributed by atoms with Gasteiger partial charge in [0.15, 0.2) is 0 Å². The Morgan fingerprint density at radius 1 is 1.22 bits per heavy atom. The van der Waals surface area contributed by atoms with Crippen molar-refractivity contribution >= 4 is 5.82 Å². The molecule has 0 bridgehead atoms. The maximum absolute atomic E-state index is 5.88. The number of aromatic nitrogens is 3. The van der Waals surface area contributed by atoms with E-state index in [1.807, 2.05) is 13.1 Å². The average molecular weight is 313 g/mol. The number of hydrogen-bond acceptors (Lipinski definition) is 4. The van der Waals surface area contributed by atoms with E-state index in [4.69, 9.17) is 5.73 Å². The molecule has 2 aromatic heterocycles. The molecule has 2 aromatic rings. The van der Waals surface area contributed by atoms with Gasteiger partial charge in [-0.2, -0.15) is 5.10 Å². The molecule has 124 valence electrons. The van der Waals surface area contributed by atoms with Crippen LogP contribution in [0.3, 0.4) is 0 Å². The molecule has 0 aliphatic carbocycles. The van der Waals surface area contributed by atoms with E-state index in [9.17, 15) is 0 Å². The van der Waals surface area contributed by atoms with Crippen molar-refractivity contribution in [1.29, 1.82) is 0 Å². The number of likely N-dealkylation sites (tertiary alicyclic amines) is 1. The summed E-state index contributed by atoms with van der Waals surface area (Å²) in [4.78, 5) is 6.99. The third-order valence-electron chi connectivity index (χ3n) is 4.62. The van der Waals surface area contributed by atoms with E-state index in [1.165, 1.54) is 18.4 Å². The first-order valence-electron chi connectivity index (χ1n) is 8.44. The average Bonchev–Trinajstić information content (AvgIpc) is 2.76. The highest BCUT2D eigenvalue weighted by Gasteiger charge is 2.21. The van der Waals surface area contributed by atoms with Crippen molar-refractivity contribution in [2.24, 2.45) is 13.0 Å². The topological polar surface area (TPSA) is 60.0 Å². The Balaban J connectivity index is 1.61. The fourth-order valence-electron chi connectivity index (χ4n) is 3.68. The Morgan fingerprint density at radius 3 is 2.61 bits per heavy atom. The quantitative estimate of drug-likeness (QED) is 0.942. The van der Waals surface area contributed by atoms with Crippen molar-refractivity contribution in [3.05, 3.63) is 40.8 Å². The largest absolute Gasteiger partial charge is 0.384 e. The van der Waals surface area contributed by atoms with Gasteiger partial charge in [-0.3, -0.25) is 14.6 Å². The van der Waals surface area contributed by atoms with Crippen LogP contribution >= 0.6 is 0 Å². The molecule has 0 aromatic carbocycles. The van der Waals surface area contributed by atoms with Crippen LogP contribution in [0.4, 0.5) is 5.82 Å². The molecule has 1 fully saturated rings. The van der Waals surface area contributed by atoms with Gasteiger partial charge in [-0.1, -0.05) is 0 Å². The van der Waals surface area contributed by atoms with E-state index in [0.717, 1.165) is 49.0 Å². The standard InChI is InChI=1S/C18H27N5/c1-13-7-16(8-14(2)20-13)9-15-5-4-6-23(11-15)12-17-10-18(19)22(3)21-17/h7-8,10,15H,4-6,9,11-12,19H2,1-3H3/t15-/m1/s1. The van der Waals surface area contributed by atoms with E-state index >= 15 is 0 Å². The molecule has 1 atom stereocenters. The molecule has 3 rings (SSSR count). The zero-order chi connectivity index (χ0) is 16.4. The van der Waals surface area contributed by atoms with Crippen LogP contribution in [0.1, 0.15) is 35.5 Å². The van der Waals surface area contributed by atoms with E-state index in [0.29, 0.717) is 5.92 Å². The molecule has 2 N–H and O–H groups in total. The second-order valence-corrected chi connectivity index (χ2v) is 6.89. The molecule has 5 heteroatoms. The first-order chi connectivity index (χ1) is 11.0. The van der Waals surface area contributed by atoms with Crippen molar-refractivity contribution in [2.45, 2.75) is 39.7 Å². The van der Waals surface area contributed by atoms with Crippen LogP contribution in [0.15, 0.2) is 18.2 Å². The summed E-state index contributed by atoms with van der Waals surface area (Å²) in [6, 6.07) is 6.44. The van der Waals surface area contributed by atoms with Crippen molar-refractivity contribution in [1.82, 2.24) is 19.7 Å². The van der Waals surface area contributed by atoms with Crippen LogP contribution in [0, 0.1) is 19.8 Å². The predicted molar refractivity (Wildman–Crippen MR) is 93.0 cm³/mol. The number of aryl methyl sites for hydroxylation is 3. The Labute approximate surface area is 138 Å². The summed E-state index contributed by atoms with van der Waals surface area (Å²) in [7, 11) is 1.89. The van der Waals surface area contributed by atoms with Crippen molar-refractivity contribution in [2.75, 3.05) is 18.8 Å². The zero-order valence-corrected chi connectivity index (χ0v) is 14.4. The van der Waals surface area contributed by atoms with Crippen LogP contribution in [0.25, 0.3) is 0 Å². The fourth-order valence-corrected chi connectivity index (χ4v) is 3.68. The SMILES string of the molecule is Cc1cc(C[C@H]2CCCN(Cc3cc(N)n(C)n3)C2)cc(C)n1. The minimum atomic E-state index is 0.714. The predicted octanol–water partition coefficient (Wildman–Crippen LogP) is 2.47. The van der Waals surface area contributed by atoms with E-state index in [-0.39, 0.29) is 0 Å². The molecule has 0 amide bonds. The first kappa shape index (κ1) is 16.0. The number of hydrogen-bond donors (Lipinski definition) is 1. The normalized spacial score (nSPS) is 19.2. The third-order valence-corrected chi connectivity index (χ3v) is 4.62. The fraction of sp³-hybridized carbons (Fsp3) is 0.556. The summed E-state index contributed by atoms with van der Waals surface area (Å²) >= 11 is 0. The van der Waals surface area contributed by atoms with Crippen LogP contribution < -0.4 is 5.73 Å². The Bertz CT molecular complexity index is 636. The van der Waals surface area contributed by atoms with Gasteiger partial charge in [0.2, 0.25) is 0 Å². The van der Waals surface area contributed by atoms with Crippen LogP contribution in [-0.2, 0) is 20.0 Å². The van der Waals surface area contributed by atoms with Gasteiger partial charge in [0.1, 0.15) is 5.82 Å². The number of nitrogen functional groups attached to an aromatic ring is 1. The minimum absolute atomic E-state index is 0.714. The van der Waals surface area contributed by atoms with Gasteiger partial charge in [-0.15, -0.1) is 0 Å². The summed E-state index contributed by atoms with van der Waals surface area (Å²) in [5.74, 6) is 1.45. The van der Waals surface area contributed by atoms with Crippen LogP contribution in [-0.4, -0.2) is 32.8 Å². The maximum Gasteiger partial charge on any atom is 0.121 e. The summed E-state index contributed by atoms with van der Waals surface area (Å²) in [5.41, 5.74) is 10.6. The van der Waals surface area contributed by atoms with Crippen molar-refractivity contribution in [3.63, 3.8) is 0 Å². The van der Waals surface area contributed by atoms with Gasteiger partial charge in [0.25, 0.3) is 0 Å². The smallest absolute Gasteiger partial charge is 0.121 e. The molecular weight excluding hydrogens is 286 g/mol. The first-order valence-corrected chi connectivity index (χ1v) is 8.44. The second-order valence-electron chi connectivity index (χ2n) is 6.89. The molecule has 5 nitrogen and oxygen atoms in total. The molecule has 23 heavy (non-hydrogen) atoms. The highest BCUT2D eigenvalue weighted by Crippen LogP contribution is 2.23. The summed E-state index contributed by atoms with van der Waals surface area (Å²) in [5, 5.41) is 4.48. The van der Waals surface area contributed by atoms with Gasteiger partial charge in [0.05, 0.1) is 5.69 Å². The summed E-state index contributed by atoms with van der Waals surface area (Å²) < 4.78 is 1.75. The number of nitrogens with two attached hydrogens (primary N) is 1. The highest BCUT2D eigenvalue weighted by molar-refractivity contribution is 5.30. The molecule has 0 spiro atoms. The monoisotopic (exact) mass is 313 g/mol. The number of nitrogens with zero attached hydrogens (tertiary/aromatic N) is 4. The summed E-state index contributed by atoms with van der Waals surface area (Å²) in [6.07, 6.45) is 3.71. The van der Waals surface area contributed by atoms with Gasteiger partial charge < -0.3 is 5.73 Å². The second kappa shape index (κ2) is 6.71. The molecule has 1 saturated heterocycles. The maximum atomic E-state index is 5.88. The number of rotatable bonds is 4. The minimum Gasteiger partial charge on any atom is -0.384 e. The molecule has 3 heterocycles. The highest BCUT2D eigenvalue weighted by atomic mass is 15.3. The molecule has 0 radical (unpaired) electrons. The lowest BCUT2D eigenvalue weighted by atomic mass is 9.91. The van der Waals surface area contributed by atoms with E-state index < -0.39 is 0 Å². The van der Waals surface area contributed by atoms with Gasteiger partial charge in [-0.25, -0.2) is 0 Å².